The van der Waals surface area contributed by atoms with Crippen LogP contribution in [-0.2, 0) is 12.3 Å². The molecule has 0 unspecified atom stereocenters. The highest BCUT2D eigenvalue weighted by atomic mass is 32.2. The third-order valence-corrected chi connectivity index (χ3v) is 4.89. The van der Waals surface area contributed by atoms with E-state index in [4.69, 9.17) is 0 Å². The van der Waals surface area contributed by atoms with Gasteiger partial charge in [-0.2, -0.15) is 0 Å². The molecule has 25 heavy (non-hydrogen) atoms. The van der Waals surface area contributed by atoms with Crippen LogP contribution in [0.2, 0.25) is 0 Å². The highest BCUT2D eigenvalue weighted by molar-refractivity contribution is 7.98. The third kappa shape index (κ3) is 4.06. The molecule has 0 atom stereocenters. The molecular formula is C18H16FN3O2S. The Kier molecular flexibility index (Phi) is 5.14. The van der Waals surface area contributed by atoms with Gasteiger partial charge in [-0.15, -0.1) is 0 Å². The maximum atomic E-state index is 13.0. The van der Waals surface area contributed by atoms with Gasteiger partial charge in [0.15, 0.2) is 5.03 Å². The first kappa shape index (κ1) is 17.2. The molecule has 1 aromatic heterocycles. The molecule has 0 radical (unpaired) electrons. The molecule has 0 fully saturated rings. The molecule has 3 aromatic rings. The largest absolute Gasteiger partial charge is 0.396 e. The third-order valence-electron chi connectivity index (χ3n) is 3.74. The monoisotopic (exact) mass is 357 g/mol. The summed E-state index contributed by atoms with van der Waals surface area (Å²) in [6, 6.07) is 15.9. The number of rotatable bonds is 6. The normalized spacial score (nSPS) is 10.8. The van der Waals surface area contributed by atoms with Crippen molar-refractivity contribution in [2.24, 2.45) is 0 Å². The van der Waals surface area contributed by atoms with Crippen LogP contribution in [0.4, 0.5) is 10.2 Å². The summed E-state index contributed by atoms with van der Waals surface area (Å²) < 4.78 is 14.9. The van der Waals surface area contributed by atoms with Crippen molar-refractivity contribution in [2.75, 3.05) is 0 Å². The van der Waals surface area contributed by atoms with Crippen molar-refractivity contribution in [1.82, 2.24) is 9.55 Å². The Morgan fingerprint density at radius 1 is 1.12 bits per heavy atom. The number of aryl methyl sites for hydroxylation is 1. The molecule has 0 saturated heterocycles. The van der Waals surface area contributed by atoms with E-state index in [0.29, 0.717) is 23.1 Å². The Morgan fingerprint density at radius 3 is 2.44 bits per heavy atom. The van der Waals surface area contributed by atoms with E-state index in [9.17, 15) is 14.5 Å². The second-order valence-corrected chi connectivity index (χ2v) is 6.50. The van der Waals surface area contributed by atoms with Gasteiger partial charge in [0.25, 0.3) is 0 Å². The van der Waals surface area contributed by atoms with Crippen LogP contribution >= 0.6 is 11.8 Å². The number of thioether (sulfide) groups is 1. The molecule has 5 nitrogen and oxygen atoms in total. The van der Waals surface area contributed by atoms with Crippen LogP contribution < -0.4 is 0 Å². The lowest BCUT2D eigenvalue weighted by atomic mass is 10.2. The molecule has 0 N–H and O–H groups in total. The summed E-state index contributed by atoms with van der Waals surface area (Å²) in [6.07, 6.45) is 0. The molecule has 0 spiro atoms. The average molecular weight is 357 g/mol. The minimum atomic E-state index is -0.457. The van der Waals surface area contributed by atoms with E-state index in [1.54, 1.807) is 19.1 Å². The van der Waals surface area contributed by atoms with Gasteiger partial charge >= 0.3 is 5.82 Å². The summed E-state index contributed by atoms with van der Waals surface area (Å²) in [5, 5.41) is 11.9. The fourth-order valence-electron chi connectivity index (χ4n) is 2.48. The summed E-state index contributed by atoms with van der Waals surface area (Å²) in [5.74, 6) is 0.656. The number of imidazole rings is 1. The Balaban J connectivity index is 1.89. The maximum Gasteiger partial charge on any atom is 0.396 e. The summed E-state index contributed by atoms with van der Waals surface area (Å²) in [4.78, 5) is 15.0. The number of hydrogen-bond donors (Lipinski definition) is 0. The molecular weight excluding hydrogens is 341 g/mol. The van der Waals surface area contributed by atoms with Crippen LogP contribution in [0.5, 0.6) is 0 Å². The van der Waals surface area contributed by atoms with Crippen molar-refractivity contribution in [3.63, 3.8) is 0 Å². The maximum absolute atomic E-state index is 13.0. The molecule has 128 valence electrons. The lowest BCUT2D eigenvalue weighted by Crippen LogP contribution is -2.04. The van der Waals surface area contributed by atoms with Gasteiger partial charge < -0.3 is 10.1 Å². The first-order chi connectivity index (χ1) is 12.0. The van der Waals surface area contributed by atoms with Crippen molar-refractivity contribution >= 4 is 17.6 Å². The van der Waals surface area contributed by atoms with Gasteiger partial charge in [0, 0.05) is 12.7 Å². The van der Waals surface area contributed by atoms with E-state index in [1.807, 2.05) is 34.9 Å². The smallest absolute Gasteiger partial charge is 0.358 e. The van der Waals surface area contributed by atoms with E-state index in [1.165, 1.54) is 23.9 Å². The first-order valence-corrected chi connectivity index (χ1v) is 8.66. The van der Waals surface area contributed by atoms with Crippen LogP contribution in [0.1, 0.15) is 17.0 Å². The molecule has 0 aliphatic rings. The molecule has 2 aromatic carbocycles. The van der Waals surface area contributed by atoms with E-state index in [-0.39, 0.29) is 11.6 Å². The van der Waals surface area contributed by atoms with E-state index in [2.05, 4.69) is 4.98 Å². The number of nitrogens with zero attached hydrogens (tertiary/aromatic N) is 3. The van der Waals surface area contributed by atoms with Crippen molar-refractivity contribution in [1.29, 1.82) is 0 Å². The van der Waals surface area contributed by atoms with E-state index in [0.717, 1.165) is 11.1 Å². The summed E-state index contributed by atoms with van der Waals surface area (Å²) in [6.45, 7) is 2.27. The zero-order valence-corrected chi connectivity index (χ0v) is 14.4. The molecule has 0 amide bonds. The summed E-state index contributed by atoms with van der Waals surface area (Å²) in [7, 11) is 0. The number of benzene rings is 2. The minimum Gasteiger partial charge on any atom is -0.358 e. The fourth-order valence-corrected chi connectivity index (χ4v) is 3.57. The fraction of sp³-hybridized carbons (Fsp3) is 0.167. The molecule has 0 aliphatic carbocycles. The van der Waals surface area contributed by atoms with Crippen LogP contribution in [-0.4, -0.2) is 14.5 Å². The molecule has 0 saturated carbocycles. The van der Waals surface area contributed by atoms with E-state index < -0.39 is 4.92 Å². The Labute approximate surface area is 148 Å². The predicted molar refractivity (Wildman–Crippen MR) is 95.1 cm³/mol. The van der Waals surface area contributed by atoms with Gasteiger partial charge in [-0.05, 0) is 33.2 Å². The SMILES string of the molecule is Cc1nc([N+](=O)[O-])c(SCc2ccc(F)cc2)n1Cc1ccccc1. The zero-order chi connectivity index (χ0) is 17.8. The minimum absolute atomic E-state index is 0.138. The standard InChI is InChI=1S/C18H16FN3O2S/c1-13-20-17(22(23)24)18(21(13)11-14-5-3-2-4-6-14)25-12-15-7-9-16(19)10-8-15/h2-10H,11-12H2,1H3. The van der Waals surface area contributed by atoms with Crippen molar-refractivity contribution in [3.8, 4) is 0 Å². The van der Waals surface area contributed by atoms with Crippen molar-refractivity contribution in [2.45, 2.75) is 24.2 Å². The number of nitro groups is 1. The van der Waals surface area contributed by atoms with Gasteiger partial charge in [-0.1, -0.05) is 54.2 Å². The quantitative estimate of drug-likeness (QED) is 0.368. The van der Waals surface area contributed by atoms with Crippen molar-refractivity contribution < 1.29 is 9.31 Å². The van der Waals surface area contributed by atoms with Gasteiger partial charge in [0.1, 0.15) is 5.82 Å². The van der Waals surface area contributed by atoms with Gasteiger partial charge in [0.2, 0.25) is 5.82 Å². The molecule has 0 aliphatic heterocycles. The molecule has 7 heteroatoms. The van der Waals surface area contributed by atoms with Crippen LogP contribution in [0.3, 0.4) is 0 Å². The van der Waals surface area contributed by atoms with Crippen LogP contribution in [0.15, 0.2) is 59.6 Å². The second-order valence-electron chi connectivity index (χ2n) is 5.53. The van der Waals surface area contributed by atoms with Gasteiger partial charge in [0.05, 0.1) is 6.54 Å². The lowest BCUT2D eigenvalue weighted by Gasteiger charge is -2.08. The molecule has 1 heterocycles. The predicted octanol–water partition coefficient (Wildman–Crippen LogP) is 4.58. The number of hydrogen-bond acceptors (Lipinski definition) is 4. The van der Waals surface area contributed by atoms with Crippen molar-refractivity contribution in [3.05, 3.63) is 87.5 Å². The van der Waals surface area contributed by atoms with Crippen LogP contribution in [0, 0.1) is 22.9 Å². The number of aromatic nitrogens is 2. The van der Waals surface area contributed by atoms with E-state index >= 15 is 0 Å². The lowest BCUT2D eigenvalue weighted by molar-refractivity contribution is -0.392. The number of halogens is 1. The Morgan fingerprint density at radius 2 is 1.80 bits per heavy atom. The topological polar surface area (TPSA) is 61.0 Å². The average Bonchev–Trinajstić information content (AvgIpc) is 2.92. The summed E-state index contributed by atoms with van der Waals surface area (Å²) >= 11 is 1.34. The molecule has 0 bridgehead atoms. The Hall–Kier alpha value is -2.67. The van der Waals surface area contributed by atoms with Gasteiger partial charge in [-0.3, -0.25) is 4.57 Å². The highest BCUT2D eigenvalue weighted by Crippen LogP contribution is 2.33. The highest BCUT2D eigenvalue weighted by Gasteiger charge is 2.25. The summed E-state index contributed by atoms with van der Waals surface area (Å²) in [5.41, 5.74) is 1.94. The molecule has 3 rings (SSSR count). The second kappa shape index (κ2) is 7.48. The Bertz CT molecular complexity index is 879. The van der Waals surface area contributed by atoms with Crippen LogP contribution in [0.25, 0.3) is 0 Å². The zero-order valence-electron chi connectivity index (χ0n) is 13.6. The van der Waals surface area contributed by atoms with Gasteiger partial charge in [-0.25, -0.2) is 4.39 Å². The first-order valence-electron chi connectivity index (χ1n) is 7.67.